The highest BCUT2D eigenvalue weighted by Crippen LogP contribution is 2.18. The van der Waals surface area contributed by atoms with E-state index in [-0.39, 0.29) is 5.91 Å². The van der Waals surface area contributed by atoms with Crippen molar-refractivity contribution in [2.45, 2.75) is 19.8 Å². The van der Waals surface area contributed by atoms with Crippen LogP contribution in [0.3, 0.4) is 0 Å². The Labute approximate surface area is 135 Å². The van der Waals surface area contributed by atoms with Gasteiger partial charge in [0.25, 0.3) is 0 Å². The fourth-order valence-corrected chi connectivity index (χ4v) is 1.89. The van der Waals surface area contributed by atoms with Gasteiger partial charge in [-0.05, 0) is 43.7 Å². The summed E-state index contributed by atoms with van der Waals surface area (Å²) in [6.45, 7) is 2.32. The Balaban J connectivity index is 1.88. The molecule has 1 aromatic heterocycles. The molecule has 0 spiro atoms. The highest BCUT2D eigenvalue weighted by molar-refractivity contribution is 6.01. The molecule has 1 amide bonds. The summed E-state index contributed by atoms with van der Waals surface area (Å²) in [5, 5.41) is 11.2. The maximum Gasteiger partial charge on any atom is 0.248 e. The third-order valence-electron chi connectivity index (χ3n) is 2.96. The molecule has 1 heterocycles. The number of unbranched alkanes of at least 4 members (excludes halogenated alkanes) is 1. The Morgan fingerprint density at radius 3 is 3.00 bits per heavy atom. The quantitative estimate of drug-likeness (QED) is 0.621. The first-order chi connectivity index (χ1) is 11.2. The number of nitrogens with zero attached hydrogens (tertiary/aromatic N) is 1. The van der Waals surface area contributed by atoms with Crippen LogP contribution in [0.15, 0.2) is 46.9 Å². The average molecular weight is 310 g/mol. The number of hydrogen-bond acceptors (Lipinski definition) is 4. The van der Waals surface area contributed by atoms with Crippen LogP contribution in [-0.4, -0.2) is 12.5 Å². The largest absolute Gasteiger partial charge is 0.493 e. The molecule has 0 fully saturated rings. The van der Waals surface area contributed by atoms with E-state index in [0.717, 1.165) is 5.76 Å². The van der Waals surface area contributed by atoms with Crippen molar-refractivity contribution in [1.82, 2.24) is 0 Å². The van der Waals surface area contributed by atoms with Crippen LogP contribution in [0.25, 0.3) is 6.08 Å². The second kappa shape index (κ2) is 8.44. The third kappa shape index (κ3) is 5.71. The molecule has 5 heteroatoms. The molecule has 0 aliphatic heterocycles. The van der Waals surface area contributed by atoms with Gasteiger partial charge in [-0.3, -0.25) is 4.79 Å². The van der Waals surface area contributed by atoms with Crippen molar-refractivity contribution in [2.75, 3.05) is 11.9 Å². The Morgan fingerprint density at radius 2 is 2.26 bits per heavy atom. The molecule has 0 unspecified atom stereocenters. The summed E-state index contributed by atoms with van der Waals surface area (Å²) in [5.74, 6) is 1.84. The molecule has 0 bridgehead atoms. The highest BCUT2D eigenvalue weighted by atomic mass is 16.5. The van der Waals surface area contributed by atoms with Crippen LogP contribution in [0.2, 0.25) is 0 Å². The Bertz CT molecular complexity index is 726. The van der Waals surface area contributed by atoms with E-state index in [1.807, 2.05) is 19.1 Å². The number of anilines is 1. The number of nitriles is 1. The first-order valence-electron chi connectivity index (χ1n) is 7.33. The summed E-state index contributed by atoms with van der Waals surface area (Å²) < 4.78 is 10.9. The monoisotopic (exact) mass is 310 g/mol. The van der Waals surface area contributed by atoms with Crippen LogP contribution in [-0.2, 0) is 4.79 Å². The van der Waals surface area contributed by atoms with Gasteiger partial charge in [0.05, 0.1) is 12.7 Å². The predicted molar refractivity (Wildman–Crippen MR) is 87.9 cm³/mol. The minimum Gasteiger partial charge on any atom is -0.493 e. The lowest BCUT2D eigenvalue weighted by Crippen LogP contribution is -2.07. The van der Waals surface area contributed by atoms with E-state index >= 15 is 0 Å². The topological polar surface area (TPSA) is 75.3 Å². The van der Waals surface area contributed by atoms with Gasteiger partial charge in [0.1, 0.15) is 17.3 Å². The van der Waals surface area contributed by atoms with Crippen molar-refractivity contribution < 1.29 is 13.9 Å². The van der Waals surface area contributed by atoms with Gasteiger partial charge in [-0.2, -0.15) is 5.26 Å². The SMILES string of the molecule is Cc1ccc(C=CC(=O)Nc2cccc(OCCCC#N)c2)o1. The molecular formula is C18H18N2O3. The van der Waals surface area contributed by atoms with E-state index in [9.17, 15) is 4.79 Å². The van der Waals surface area contributed by atoms with E-state index in [1.54, 1.807) is 30.3 Å². The normalized spacial score (nSPS) is 10.4. The van der Waals surface area contributed by atoms with Crippen molar-refractivity contribution in [3.8, 4) is 11.8 Å². The molecule has 0 aliphatic rings. The Morgan fingerprint density at radius 1 is 1.39 bits per heavy atom. The lowest BCUT2D eigenvalue weighted by Gasteiger charge is -2.07. The standard InChI is InChI=1S/C18H18N2O3/c1-14-7-8-16(23-14)9-10-18(21)20-15-5-4-6-17(13-15)22-12-3-2-11-19/h4-10,13H,2-3,12H2,1H3,(H,20,21). The van der Waals surface area contributed by atoms with Crippen LogP contribution in [0, 0.1) is 18.3 Å². The van der Waals surface area contributed by atoms with E-state index in [4.69, 9.17) is 14.4 Å². The second-order valence-corrected chi connectivity index (χ2v) is 4.91. The molecule has 5 nitrogen and oxygen atoms in total. The number of furan rings is 1. The van der Waals surface area contributed by atoms with Crippen LogP contribution in [0.5, 0.6) is 5.75 Å². The van der Waals surface area contributed by atoms with E-state index in [2.05, 4.69) is 11.4 Å². The molecule has 0 aliphatic carbocycles. The molecule has 23 heavy (non-hydrogen) atoms. The summed E-state index contributed by atoms with van der Waals surface area (Å²) in [7, 11) is 0. The molecule has 118 valence electrons. The first-order valence-corrected chi connectivity index (χ1v) is 7.33. The molecule has 0 saturated carbocycles. The van der Waals surface area contributed by atoms with Crippen molar-refractivity contribution in [3.63, 3.8) is 0 Å². The minimum atomic E-state index is -0.249. The number of carbonyl (C=O) groups excluding carboxylic acids is 1. The van der Waals surface area contributed by atoms with Gasteiger partial charge in [0, 0.05) is 24.3 Å². The van der Waals surface area contributed by atoms with Crippen molar-refractivity contribution >= 4 is 17.7 Å². The van der Waals surface area contributed by atoms with Crippen molar-refractivity contribution in [3.05, 3.63) is 54.0 Å². The zero-order chi connectivity index (χ0) is 16.5. The van der Waals surface area contributed by atoms with Crippen molar-refractivity contribution in [2.24, 2.45) is 0 Å². The number of ether oxygens (including phenoxy) is 1. The van der Waals surface area contributed by atoms with E-state index < -0.39 is 0 Å². The summed E-state index contributed by atoms with van der Waals surface area (Å²) in [4.78, 5) is 11.9. The van der Waals surface area contributed by atoms with Crippen molar-refractivity contribution in [1.29, 1.82) is 5.26 Å². The van der Waals surface area contributed by atoms with Gasteiger partial charge in [-0.25, -0.2) is 0 Å². The molecule has 1 aromatic carbocycles. The minimum absolute atomic E-state index is 0.249. The predicted octanol–water partition coefficient (Wildman–Crippen LogP) is 3.92. The van der Waals surface area contributed by atoms with Crippen LogP contribution in [0.1, 0.15) is 24.4 Å². The maximum absolute atomic E-state index is 11.9. The number of benzene rings is 1. The number of rotatable bonds is 7. The second-order valence-electron chi connectivity index (χ2n) is 4.91. The summed E-state index contributed by atoms with van der Waals surface area (Å²) >= 11 is 0. The molecule has 0 radical (unpaired) electrons. The van der Waals surface area contributed by atoms with Gasteiger partial charge < -0.3 is 14.5 Å². The summed E-state index contributed by atoms with van der Waals surface area (Å²) in [6, 6.07) is 12.8. The fraction of sp³-hybridized carbons (Fsp3) is 0.222. The van der Waals surface area contributed by atoms with E-state index in [0.29, 0.717) is 36.6 Å². The lowest BCUT2D eigenvalue weighted by atomic mass is 10.3. The average Bonchev–Trinajstić information content (AvgIpc) is 2.96. The highest BCUT2D eigenvalue weighted by Gasteiger charge is 2.01. The fourth-order valence-electron chi connectivity index (χ4n) is 1.89. The molecule has 0 saturated heterocycles. The Kier molecular flexibility index (Phi) is 6.01. The van der Waals surface area contributed by atoms with Gasteiger partial charge >= 0.3 is 0 Å². The molecule has 1 N–H and O–H groups in total. The lowest BCUT2D eigenvalue weighted by molar-refractivity contribution is -0.111. The maximum atomic E-state index is 11.9. The van der Waals surface area contributed by atoms with Gasteiger partial charge in [-0.15, -0.1) is 0 Å². The number of amides is 1. The van der Waals surface area contributed by atoms with E-state index in [1.165, 1.54) is 6.08 Å². The number of hydrogen-bond donors (Lipinski definition) is 1. The van der Waals surface area contributed by atoms with Gasteiger partial charge in [0.15, 0.2) is 0 Å². The van der Waals surface area contributed by atoms with Gasteiger partial charge in [-0.1, -0.05) is 6.07 Å². The first kappa shape index (κ1) is 16.4. The Hall–Kier alpha value is -3.00. The molecular weight excluding hydrogens is 292 g/mol. The summed E-state index contributed by atoms with van der Waals surface area (Å²) in [6.07, 6.45) is 4.18. The van der Waals surface area contributed by atoms with Crippen LogP contribution < -0.4 is 10.1 Å². The molecule has 2 aromatic rings. The number of carbonyl (C=O) groups is 1. The number of aryl methyl sites for hydroxylation is 1. The number of nitrogens with one attached hydrogen (secondary N) is 1. The smallest absolute Gasteiger partial charge is 0.248 e. The van der Waals surface area contributed by atoms with Crippen LogP contribution in [0.4, 0.5) is 5.69 Å². The summed E-state index contributed by atoms with van der Waals surface area (Å²) in [5.41, 5.74) is 0.646. The molecule has 2 rings (SSSR count). The van der Waals surface area contributed by atoms with Crippen LogP contribution >= 0.6 is 0 Å². The van der Waals surface area contributed by atoms with Gasteiger partial charge in [0.2, 0.25) is 5.91 Å². The zero-order valence-electron chi connectivity index (χ0n) is 12.9. The zero-order valence-corrected chi connectivity index (χ0v) is 12.9. The molecule has 0 atom stereocenters. The third-order valence-corrected chi connectivity index (χ3v) is 2.96.